The summed E-state index contributed by atoms with van der Waals surface area (Å²) in [6.07, 6.45) is 3.43. The highest BCUT2D eigenvalue weighted by Crippen LogP contribution is 2.39. The van der Waals surface area contributed by atoms with Crippen LogP contribution in [0.15, 0.2) is 0 Å². The minimum absolute atomic E-state index is 0.140. The van der Waals surface area contributed by atoms with Crippen LogP contribution >= 0.6 is 0 Å². The van der Waals surface area contributed by atoms with Crippen LogP contribution in [0, 0.1) is 5.82 Å². The number of hydrogen-bond donors (Lipinski definition) is 2. The second kappa shape index (κ2) is 7.81. The fourth-order valence-corrected chi connectivity index (χ4v) is 2.29. The summed E-state index contributed by atoms with van der Waals surface area (Å²) in [5.41, 5.74) is -0.141. The summed E-state index contributed by atoms with van der Waals surface area (Å²) in [6.45, 7) is 3.83. The Labute approximate surface area is 122 Å². The first-order valence-corrected chi connectivity index (χ1v) is 7.07. The van der Waals surface area contributed by atoms with E-state index in [-0.39, 0.29) is 11.1 Å². The van der Waals surface area contributed by atoms with Crippen LogP contribution in [0.2, 0.25) is 0 Å². The maximum absolute atomic E-state index is 14.2. The molecule has 0 unspecified atom stereocenters. The first-order valence-electron chi connectivity index (χ1n) is 7.07. The van der Waals surface area contributed by atoms with Gasteiger partial charge in [0, 0.05) is 4.53 Å². The molecule has 0 saturated carbocycles. The second-order valence-corrected chi connectivity index (χ2v) is 4.92. The van der Waals surface area contributed by atoms with E-state index in [2.05, 4.69) is 4.94 Å². The summed E-state index contributed by atoms with van der Waals surface area (Å²) in [4.78, 5) is 14.7. The highest BCUT2D eigenvalue weighted by molar-refractivity contribution is 5.95. The Bertz CT molecular complexity index is 515. The molecule has 118 valence electrons. The molecule has 6 heteroatoms. The molecule has 0 aliphatic rings. The molecular weight excluding hydrogens is 282 g/mol. The van der Waals surface area contributed by atoms with Crippen molar-refractivity contribution in [1.29, 1.82) is 0 Å². The van der Waals surface area contributed by atoms with Gasteiger partial charge in [0.25, 0.3) is 0 Å². The average molecular weight is 302 g/mol. The number of phenolic OH excluding ortho intramolecular Hbond substituents is 2. The summed E-state index contributed by atoms with van der Waals surface area (Å²) < 4.78 is 26.4. The zero-order chi connectivity index (χ0) is 16.0. The summed E-state index contributed by atoms with van der Waals surface area (Å²) in [5.74, 6) is -4.39. The molecule has 1 aromatic rings. The third-order valence-corrected chi connectivity index (χ3v) is 3.43. The van der Waals surface area contributed by atoms with Crippen molar-refractivity contribution in [1.82, 2.24) is 0 Å². The molecule has 0 spiro atoms. The summed E-state index contributed by atoms with van der Waals surface area (Å²) >= 11 is 0. The molecule has 0 bridgehead atoms. The summed E-state index contributed by atoms with van der Waals surface area (Å²) in [5, 5.41) is 19.4. The second-order valence-electron chi connectivity index (χ2n) is 4.92. The van der Waals surface area contributed by atoms with Gasteiger partial charge in [0.05, 0.1) is 0 Å². The van der Waals surface area contributed by atoms with Crippen molar-refractivity contribution in [3.63, 3.8) is 0 Å². The lowest BCUT2D eigenvalue weighted by molar-refractivity contribution is -0.0791. The van der Waals surface area contributed by atoms with Crippen LogP contribution in [0.3, 0.4) is 0 Å². The van der Waals surface area contributed by atoms with Gasteiger partial charge in [-0.1, -0.05) is 26.7 Å². The number of rotatable bonds is 7. The molecule has 0 saturated heterocycles. The summed E-state index contributed by atoms with van der Waals surface area (Å²) in [6, 6.07) is 0. The van der Waals surface area contributed by atoms with E-state index in [1.54, 1.807) is 0 Å². The van der Waals surface area contributed by atoms with Crippen LogP contribution in [-0.4, -0.2) is 16.2 Å². The van der Waals surface area contributed by atoms with Gasteiger partial charge in [0.15, 0.2) is 17.3 Å². The van der Waals surface area contributed by atoms with E-state index in [0.717, 1.165) is 12.8 Å². The predicted molar refractivity (Wildman–Crippen MR) is 73.5 cm³/mol. The van der Waals surface area contributed by atoms with E-state index >= 15 is 0 Å². The Morgan fingerprint density at radius 1 is 1.05 bits per heavy atom. The van der Waals surface area contributed by atoms with E-state index in [9.17, 15) is 23.9 Å². The van der Waals surface area contributed by atoms with Crippen LogP contribution in [0.4, 0.5) is 8.92 Å². The molecule has 0 heterocycles. The molecule has 0 aliphatic heterocycles. The normalized spacial score (nSPS) is 10.7. The van der Waals surface area contributed by atoms with Crippen molar-refractivity contribution in [3.8, 4) is 11.5 Å². The van der Waals surface area contributed by atoms with Gasteiger partial charge in [-0.3, -0.25) is 0 Å². The van der Waals surface area contributed by atoms with E-state index < -0.39 is 28.8 Å². The minimum atomic E-state index is -1.42. The van der Waals surface area contributed by atoms with Crippen molar-refractivity contribution in [3.05, 3.63) is 22.5 Å². The molecule has 21 heavy (non-hydrogen) atoms. The van der Waals surface area contributed by atoms with Gasteiger partial charge in [-0.05, 0) is 36.8 Å². The molecule has 0 atom stereocenters. The smallest absolute Gasteiger partial charge is 0.383 e. The predicted octanol–water partition coefficient (Wildman–Crippen LogP) is 3.96. The molecule has 1 aromatic carbocycles. The fourth-order valence-electron chi connectivity index (χ4n) is 2.29. The lowest BCUT2D eigenvalue weighted by atomic mass is 9.91. The maximum Gasteiger partial charge on any atom is 0.383 e. The topological polar surface area (TPSA) is 66.8 Å². The Hall–Kier alpha value is -1.85. The van der Waals surface area contributed by atoms with Crippen LogP contribution in [0.25, 0.3) is 0 Å². The number of unbranched alkanes of at least 4 members (excludes halogenated alkanes) is 2. The Morgan fingerprint density at radius 2 is 1.57 bits per heavy atom. The van der Waals surface area contributed by atoms with Gasteiger partial charge in [-0.25, -0.2) is 14.1 Å². The molecule has 1 rings (SSSR count). The number of carbonyl (C=O) groups is 1. The van der Waals surface area contributed by atoms with E-state index in [4.69, 9.17) is 0 Å². The molecular formula is C15H20F2O4. The third-order valence-electron chi connectivity index (χ3n) is 3.43. The molecule has 0 radical (unpaired) electrons. The van der Waals surface area contributed by atoms with Crippen molar-refractivity contribution in [2.75, 3.05) is 0 Å². The Kier molecular flexibility index (Phi) is 6.39. The number of hydrogen-bond acceptors (Lipinski definition) is 4. The average Bonchev–Trinajstić information content (AvgIpc) is 2.49. The molecule has 4 nitrogen and oxygen atoms in total. The first-order chi connectivity index (χ1) is 9.99. The molecule has 0 fully saturated rings. The minimum Gasteiger partial charge on any atom is -0.504 e. The van der Waals surface area contributed by atoms with Crippen molar-refractivity contribution < 1.29 is 28.9 Å². The Balaban J connectivity index is 3.50. The number of benzene rings is 1. The number of aromatic hydroxyl groups is 2. The van der Waals surface area contributed by atoms with Gasteiger partial charge in [-0.2, -0.15) is 0 Å². The van der Waals surface area contributed by atoms with Crippen molar-refractivity contribution in [2.45, 2.75) is 52.4 Å². The number of carbonyl (C=O) groups excluding carboxylic acids is 1. The van der Waals surface area contributed by atoms with Gasteiger partial charge in [0.1, 0.15) is 5.56 Å². The highest BCUT2D eigenvalue weighted by Gasteiger charge is 2.28. The van der Waals surface area contributed by atoms with E-state index in [0.29, 0.717) is 25.7 Å². The highest BCUT2D eigenvalue weighted by atomic mass is 19.3. The monoisotopic (exact) mass is 302 g/mol. The summed E-state index contributed by atoms with van der Waals surface area (Å²) in [7, 11) is 0. The zero-order valence-corrected chi connectivity index (χ0v) is 12.2. The lowest BCUT2D eigenvalue weighted by Gasteiger charge is -2.16. The van der Waals surface area contributed by atoms with Crippen LogP contribution in [-0.2, 0) is 17.8 Å². The lowest BCUT2D eigenvalue weighted by Crippen LogP contribution is -2.11. The van der Waals surface area contributed by atoms with Crippen molar-refractivity contribution in [2.24, 2.45) is 0 Å². The standard InChI is InChI=1S/C15H20F2O4/c1-3-5-7-9-10(8-6-4-2)12(16)14(19)13(18)11(9)15(20)21-17/h18-19H,3-8H2,1-2H3. The largest absolute Gasteiger partial charge is 0.504 e. The van der Waals surface area contributed by atoms with E-state index in [1.807, 2.05) is 13.8 Å². The van der Waals surface area contributed by atoms with Gasteiger partial charge in [-0.15, -0.1) is 0 Å². The van der Waals surface area contributed by atoms with Crippen LogP contribution in [0.5, 0.6) is 11.5 Å². The van der Waals surface area contributed by atoms with Crippen molar-refractivity contribution >= 4 is 5.97 Å². The molecule has 2 N–H and O–H groups in total. The van der Waals surface area contributed by atoms with Gasteiger partial charge >= 0.3 is 5.97 Å². The SMILES string of the molecule is CCCCc1c(F)c(O)c(O)c(C(=O)OF)c1CCCC. The van der Waals surface area contributed by atoms with E-state index in [1.165, 1.54) is 0 Å². The fraction of sp³-hybridized carbons (Fsp3) is 0.533. The third kappa shape index (κ3) is 3.62. The number of phenols is 2. The van der Waals surface area contributed by atoms with Gasteiger partial charge < -0.3 is 10.2 Å². The molecule has 0 aliphatic carbocycles. The maximum atomic E-state index is 14.2. The quantitative estimate of drug-likeness (QED) is 0.748. The van der Waals surface area contributed by atoms with Crippen LogP contribution in [0.1, 0.15) is 61.0 Å². The zero-order valence-electron chi connectivity index (χ0n) is 12.2. The number of halogens is 2. The molecule has 0 amide bonds. The van der Waals surface area contributed by atoms with Crippen LogP contribution < -0.4 is 0 Å². The molecule has 0 aromatic heterocycles. The first kappa shape index (κ1) is 17.2. The Morgan fingerprint density at radius 3 is 2.05 bits per heavy atom. The van der Waals surface area contributed by atoms with Gasteiger partial charge in [0.2, 0.25) is 0 Å².